The van der Waals surface area contributed by atoms with Crippen LogP contribution in [0.15, 0.2) is 18.3 Å². The summed E-state index contributed by atoms with van der Waals surface area (Å²) >= 11 is 0. The molecule has 0 aliphatic heterocycles. The summed E-state index contributed by atoms with van der Waals surface area (Å²) in [6.07, 6.45) is 8.28. The van der Waals surface area contributed by atoms with E-state index in [1.54, 1.807) is 13.3 Å². The maximum atomic E-state index is 5.15. The highest BCUT2D eigenvalue weighted by atomic mass is 16.5. The number of rotatable bonds is 1. The molecule has 1 aliphatic rings. The maximum absolute atomic E-state index is 5.15. The van der Waals surface area contributed by atoms with Crippen LogP contribution in [0.5, 0.6) is 5.88 Å². The molecule has 0 unspecified atom stereocenters. The molecule has 0 atom stereocenters. The molecule has 12 heavy (non-hydrogen) atoms. The number of ether oxygens (including phenoxy) is 1. The van der Waals surface area contributed by atoms with Gasteiger partial charge in [0.2, 0.25) is 5.88 Å². The summed E-state index contributed by atoms with van der Waals surface area (Å²) in [5, 5.41) is 0. The second kappa shape index (κ2) is 2.97. The summed E-state index contributed by atoms with van der Waals surface area (Å²) in [4.78, 5) is 4.14. The lowest BCUT2D eigenvalue weighted by molar-refractivity contribution is 0.396. The van der Waals surface area contributed by atoms with E-state index < -0.39 is 0 Å². The minimum absolute atomic E-state index is 0.739. The van der Waals surface area contributed by atoms with Gasteiger partial charge in [-0.3, -0.25) is 0 Å². The Morgan fingerprint density at radius 2 is 2.42 bits per heavy atom. The molecule has 0 aromatic carbocycles. The van der Waals surface area contributed by atoms with Crippen LogP contribution in [-0.2, 0) is 6.42 Å². The third-order valence-corrected chi connectivity index (χ3v) is 2.10. The summed E-state index contributed by atoms with van der Waals surface area (Å²) in [5.41, 5.74) is 2.48. The fraction of sp³-hybridized carbons (Fsp3) is 0.300. The molecule has 2 nitrogen and oxygen atoms in total. The zero-order chi connectivity index (χ0) is 8.39. The van der Waals surface area contributed by atoms with Gasteiger partial charge in [0, 0.05) is 11.8 Å². The van der Waals surface area contributed by atoms with Crippen LogP contribution in [0, 0.1) is 0 Å². The Hall–Kier alpha value is -1.31. The Morgan fingerprint density at radius 3 is 3.25 bits per heavy atom. The largest absolute Gasteiger partial charge is 0.481 e. The van der Waals surface area contributed by atoms with Crippen LogP contribution in [0.2, 0.25) is 0 Å². The lowest BCUT2D eigenvalue weighted by Crippen LogP contribution is -1.99. The standard InChI is InChI=1S/C10H11NO/c1-12-10-9-5-3-2-4-8(9)6-7-11-10/h3,5-7H,2,4H2,1H3. The van der Waals surface area contributed by atoms with E-state index in [0.29, 0.717) is 0 Å². The maximum Gasteiger partial charge on any atom is 0.220 e. The number of methoxy groups -OCH3 is 1. The van der Waals surface area contributed by atoms with Crippen molar-refractivity contribution < 1.29 is 4.74 Å². The lowest BCUT2D eigenvalue weighted by atomic mass is 9.99. The number of fused-ring (bicyclic) bond motifs is 1. The van der Waals surface area contributed by atoms with Gasteiger partial charge in [0.05, 0.1) is 7.11 Å². The van der Waals surface area contributed by atoms with Gasteiger partial charge in [-0.2, -0.15) is 0 Å². The van der Waals surface area contributed by atoms with E-state index in [4.69, 9.17) is 4.74 Å². The van der Waals surface area contributed by atoms with E-state index in [1.165, 1.54) is 5.56 Å². The molecule has 0 fully saturated rings. The molecule has 2 rings (SSSR count). The summed E-state index contributed by atoms with van der Waals surface area (Å²) in [6, 6.07) is 2.06. The third-order valence-electron chi connectivity index (χ3n) is 2.10. The molecule has 0 amide bonds. The minimum atomic E-state index is 0.739. The van der Waals surface area contributed by atoms with Gasteiger partial charge in [-0.15, -0.1) is 0 Å². The van der Waals surface area contributed by atoms with Crippen LogP contribution < -0.4 is 4.74 Å². The second-order valence-electron chi connectivity index (χ2n) is 2.83. The predicted octanol–water partition coefficient (Wildman–Crippen LogP) is 2.05. The van der Waals surface area contributed by atoms with Crippen molar-refractivity contribution in [3.63, 3.8) is 0 Å². The molecular weight excluding hydrogens is 150 g/mol. The van der Waals surface area contributed by atoms with Crippen molar-refractivity contribution in [1.29, 1.82) is 0 Å². The molecule has 1 aromatic rings. The van der Waals surface area contributed by atoms with Gasteiger partial charge in [0.25, 0.3) is 0 Å². The fourth-order valence-corrected chi connectivity index (χ4v) is 1.49. The molecule has 1 aliphatic carbocycles. The van der Waals surface area contributed by atoms with Gasteiger partial charge in [-0.05, 0) is 24.5 Å². The van der Waals surface area contributed by atoms with Gasteiger partial charge in [0.1, 0.15) is 0 Å². The predicted molar refractivity (Wildman–Crippen MR) is 48.1 cm³/mol. The Labute approximate surface area is 71.9 Å². The van der Waals surface area contributed by atoms with Crippen molar-refractivity contribution >= 4 is 6.08 Å². The first-order valence-electron chi connectivity index (χ1n) is 4.10. The van der Waals surface area contributed by atoms with Crippen molar-refractivity contribution in [2.24, 2.45) is 0 Å². The molecule has 0 saturated heterocycles. The van der Waals surface area contributed by atoms with Crippen molar-refractivity contribution in [1.82, 2.24) is 4.98 Å². The molecule has 0 radical (unpaired) electrons. The third kappa shape index (κ3) is 1.09. The number of hydrogen-bond acceptors (Lipinski definition) is 2. The first kappa shape index (κ1) is 7.35. The fourth-order valence-electron chi connectivity index (χ4n) is 1.49. The van der Waals surface area contributed by atoms with Gasteiger partial charge in [0.15, 0.2) is 0 Å². The monoisotopic (exact) mass is 161 g/mol. The quantitative estimate of drug-likeness (QED) is 0.629. The van der Waals surface area contributed by atoms with Crippen LogP contribution in [0.4, 0.5) is 0 Å². The van der Waals surface area contributed by atoms with Gasteiger partial charge >= 0.3 is 0 Å². The molecule has 1 aromatic heterocycles. The Balaban J connectivity index is 2.54. The number of nitrogens with zero attached hydrogens (tertiary/aromatic N) is 1. The van der Waals surface area contributed by atoms with Crippen LogP contribution in [0.1, 0.15) is 17.5 Å². The molecule has 0 N–H and O–H groups in total. The van der Waals surface area contributed by atoms with E-state index in [2.05, 4.69) is 23.2 Å². The molecule has 62 valence electrons. The number of allylic oxidation sites excluding steroid dienone is 1. The highest BCUT2D eigenvalue weighted by molar-refractivity contribution is 5.60. The van der Waals surface area contributed by atoms with Gasteiger partial charge in [-0.25, -0.2) is 4.98 Å². The highest BCUT2D eigenvalue weighted by Gasteiger charge is 2.09. The molecule has 0 saturated carbocycles. The average Bonchev–Trinajstić information content (AvgIpc) is 2.17. The SMILES string of the molecule is COc1nccc2c1C=CCC2. The van der Waals surface area contributed by atoms with Gasteiger partial charge in [-0.1, -0.05) is 12.2 Å². The van der Waals surface area contributed by atoms with E-state index in [-0.39, 0.29) is 0 Å². The molecular formula is C10H11NO. The van der Waals surface area contributed by atoms with Crippen LogP contribution >= 0.6 is 0 Å². The minimum Gasteiger partial charge on any atom is -0.481 e. The molecule has 1 heterocycles. The molecule has 2 heteroatoms. The zero-order valence-corrected chi connectivity index (χ0v) is 7.08. The second-order valence-corrected chi connectivity index (χ2v) is 2.83. The topological polar surface area (TPSA) is 22.1 Å². The van der Waals surface area contributed by atoms with E-state index in [9.17, 15) is 0 Å². The van der Waals surface area contributed by atoms with E-state index >= 15 is 0 Å². The van der Waals surface area contributed by atoms with Crippen molar-refractivity contribution in [3.05, 3.63) is 29.5 Å². The summed E-state index contributed by atoms with van der Waals surface area (Å²) in [5.74, 6) is 0.739. The lowest BCUT2D eigenvalue weighted by Gasteiger charge is -2.11. The number of hydrogen-bond donors (Lipinski definition) is 0. The number of aryl methyl sites for hydroxylation is 1. The average molecular weight is 161 g/mol. The van der Waals surface area contributed by atoms with Crippen LogP contribution in [0.3, 0.4) is 0 Å². The van der Waals surface area contributed by atoms with Crippen molar-refractivity contribution in [2.45, 2.75) is 12.8 Å². The smallest absolute Gasteiger partial charge is 0.220 e. The summed E-state index contributed by atoms with van der Waals surface area (Å²) < 4.78 is 5.15. The Bertz CT molecular complexity index is 318. The number of pyridine rings is 1. The zero-order valence-electron chi connectivity index (χ0n) is 7.08. The van der Waals surface area contributed by atoms with Crippen LogP contribution in [0.25, 0.3) is 6.08 Å². The summed E-state index contributed by atoms with van der Waals surface area (Å²) in [6.45, 7) is 0. The van der Waals surface area contributed by atoms with Crippen molar-refractivity contribution in [3.8, 4) is 5.88 Å². The summed E-state index contributed by atoms with van der Waals surface area (Å²) in [7, 11) is 1.66. The van der Waals surface area contributed by atoms with E-state index in [1.807, 2.05) is 0 Å². The van der Waals surface area contributed by atoms with Crippen molar-refractivity contribution in [2.75, 3.05) is 7.11 Å². The van der Waals surface area contributed by atoms with E-state index in [0.717, 1.165) is 24.3 Å². The normalized spacial score (nSPS) is 14.1. The molecule has 0 spiro atoms. The first-order chi connectivity index (χ1) is 5.92. The first-order valence-corrected chi connectivity index (χ1v) is 4.10. The highest BCUT2D eigenvalue weighted by Crippen LogP contribution is 2.25. The molecule has 0 bridgehead atoms. The Morgan fingerprint density at radius 1 is 1.50 bits per heavy atom. The van der Waals surface area contributed by atoms with Crippen LogP contribution in [-0.4, -0.2) is 12.1 Å². The number of aromatic nitrogens is 1. The van der Waals surface area contributed by atoms with Gasteiger partial charge < -0.3 is 4.74 Å². The Kier molecular flexibility index (Phi) is 1.82.